The van der Waals surface area contributed by atoms with Crippen LogP contribution in [0.2, 0.25) is 10.0 Å². The maximum absolute atomic E-state index is 13.8. The highest BCUT2D eigenvalue weighted by atomic mass is 35.5. The van der Waals surface area contributed by atoms with Crippen LogP contribution in [0, 0.1) is 35.5 Å². The Morgan fingerprint density at radius 3 is 2.06 bits per heavy atom. The van der Waals surface area contributed by atoms with Crippen LogP contribution in [0.1, 0.15) is 34.1 Å². The van der Waals surface area contributed by atoms with Crippen LogP contribution in [-0.4, -0.2) is 39.6 Å². The van der Waals surface area contributed by atoms with Crippen LogP contribution >= 0.6 is 23.2 Å². The first kappa shape index (κ1) is 22.5. The van der Waals surface area contributed by atoms with Crippen molar-refractivity contribution in [3.63, 3.8) is 0 Å². The fourth-order valence-corrected chi connectivity index (χ4v) is 6.66. The third-order valence-corrected chi connectivity index (χ3v) is 8.62. The molecule has 7 rings (SSSR count). The van der Waals surface area contributed by atoms with E-state index in [0.717, 1.165) is 16.4 Å². The molecule has 2 aromatic rings. The van der Waals surface area contributed by atoms with Gasteiger partial charge in [-0.1, -0.05) is 47.5 Å². The van der Waals surface area contributed by atoms with E-state index in [0.29, 0.717) is 22.4 Å². The summed E-state index contributed by atoms with van der Waals surface area (Å²) in [4.78, 5) is 54.9. The minimum atomic E-state index is -1.13. The number of nitrogens with zero attached hydrogens (tertiary/aromatic N) is 2. The summed E-state index contributed by atoms with van der Waals surface area (Å²) < 4.78 is 0. The highest BCUT2D eigenvalue weighted by molar-refractivity contribution is 6.34. The Bertz CT molecular complexity index is 1270. The molecule has 35 heavy (non-hydrogen) atoms. The van der Waals surface area contributed by atoms with E-state index >= 15 is 0 Å². The third kappa shape index (κ3) is 3.30. The number of imide groups is 1. The van der Waals surface area contributed by atoms with Crippen LogP contribution in [0.5, 0.6) is 0 Å². The highest BCUT2D eigenvalue weighted by Gasteiger charge is 2.68. The second-order valence-electron chi connectivity index (χ2n) is 9.82. The van der Waals surface area contributed by atoms with Gasteiger partial charge in [-0.05, 0) is 73.4 Å². The number of ketones is 1. The van der Waals surface area contributed by atoms with Gasteiger partial charge in [0.2, 0.25) is 0 Å². The van der Waals surface area contributed by atoms with Crippen molar-refractivity contribution in [1.29, 1.82) is 0 Å². The van der Waals surface area contributed by atoms with Crippen molar-refractivity contribution in [2.45, 2.75) is 19.4 Å². The van der Waals surface area contributed by atoms with Gasteiger partial charge in [0, 0.05) is 10.6 Å². The van der Waals surface area contributed by atoms with Gasteiger partial charge >= 0.3 is 0 Å². The monoisotopic (exact) mass is 508 g/mol. The molecule has 0 unspecified atom stereocenters. The number of rotatable bonds is 5. The van der Waals surface area contributed by atoms with Gasteiger partial charge in [-0.25, -0.2) is 5.01 Å². The van der Waals surface area contributed by atoms with Gasteiger partial charge in [0.25, 0.3) is 17.7 Å². The summed E-state index contributed by atoms with van der Waals surface area (Å²) in [6, 6.07) is 11.6. The Labute approximate surface area is 212 Å². The Balaban J connectivity index is 1.41. The summed E-state index contributed by atoms with van der Waals surface area (Å²) in [5.41, 5.74) is 0.433. The number of hydrazine groups is 1. The van der Waals surface area contributed by atoms with Crippen molar-refractivity contribution in [2.24, 2.45) is 35.5 Å². The molecule has 8 heteroatoms. The minimum Gasteiger partial charge on any atom is -0.292 e. The summed E-state index contributed by atoms with van der Waals surface area (Å²) >= 11 is 12.3. The van der Waals surface area contributed by atoms with Crippen LogP contribution in [-0.2, 0) is 9.59 Å². The second-order valence-corrected chi connectivity index (χ2v) is 10.7. The number of hydrogen-bond donors (Lipinski definition) is 0. The Kier molecular flexibility index (Phi) is 5.17. The first-order valence-corrected chi connectivity index (χ1v) is 12.5. The number of amides is 3. The van der Waals surface area contributed by atoms with Crippen LogP contribution in [0.25, 0.3) is 0 Å². The smallest absolute Gasteiger partial charge is 0.275 e. The van der Waals surface area contributed by atoms with E-state index < -0.39 is 41.4 Å². The van der Waals surface area contributed by atoms with Gasteiger partial charge in [-0.15, -0.1) is 0 Å². The van der Waals surface area contributed by atoms with E-state index in [1.54, 1.807) is 42.5 Å². The molecule has 178 valence electrons. The van der Waals surface area contributed by atoms with Crippen molar-refractivity contribution in [3.05, 3.63) is 81.9 Å². The van der Waals surface area contributed by atoms with E-state index in [1.165, 1.54) is 13.0 Å². The van der Waals surface area contributed by atoms with E-state index in [9.17, 15) is 19.2 Å². The Morgan fingerprint density at radius 1 is 0.914 bits per heavy atom. The Morgan fingerprint density at radius 2 is 1.49 bits per heavy atom. The molecule has 3 amide bonds. The average Bonchev–Trinajstić information content (AvgIpc) is 3.64. The number of carbonyl (C=O) groups excluding carboxylic acids is 4. The molecular weight excluding hydrogens is 487 g/mol. The summed E-state index contributed by atoms with van der Waals surface area (Å²) in [6.45, 7) is 1.53. The fraction of sp³-hybridized carbons (Fsp3) is 0.333. The number of benzene rings is 2. The van der Waals surface area contributed by atoms with Gasteiger partial charge in [0.1, 0.15) is 6.04 Å². The van der Waals surface area contributed by atoms with Crippen molar-refractivity contribution in [1.82, 2.24) is 10.0 Å². The van der Waals surface area contributed by atoms with Crippen molar-refractivity contribution >= 4 is 46.7 Å². The molecule has 0 radical (unpaired) electrons. The van der Waals surface area contributed by atoms with E-state index in [4.69, 9.17) is 23.2 Å². The van der Waals surface area contributed by atoms with E-state index in [2.05, 4.69) is 12.2 Å². The van der Waals surface area contributed by atoms with E-state index in [-0.39, 0.29) is 22.4 Å². The van der Waals surface area contributed by atoms with Crippen LogP contribution in [0.15, 0.2) is 60.7 Å². The van der Waals surface area contributed by atoms with Crippen LogP contribution < -0.4 is 0 Å². The molecule has 2 saturated carbocycles. The molecule has 3 fully saturated rings. The first-order chi connectivity index (χ1) is 16.8. The van der Waals surface area contributed by atoms with Crippen LogP contribution in [0.3, 0.4) is 0 Å². The van der Waals surface area contributed by atoms with Gasteiger partial charge in [0.15, 0.2) is 5.78 Å². The van der Waals surface area contributed by atoms with Crippen molar-refractivity contribution < 1.29 is 19.2 Å². The predicted octanol–water partition coefficient (Wildman–Crippen LogP) is 4.68. The summed E-state index contributed by atoms with van der Waals surface area (Å²) in [5, 5.41) is 2.60. The van der Waals surface area contributed by atoms with Gasteiger partial charge < -0.3 is 0 Å². The SMILES string of the molecule is C[C@H](C(=O)c1ccc(Cl)cc1)N(C(=O)c1ccccc1Cl)N1C(=O)[C@@H]2[C@H]3C=C[C@@H]([C@@H]4C[C@@H]34)[C@H]2C1=O. The second kappa shape index (κ2) is 8.04. The first-order valence-electron chi connectivity index (χ1n) is 11.7. The molecule has 5 aliphatic rings. The molecule has 0 aromatic heterocycles. The molecule has 1 aliphatic heterocycles. The van der Waals surface area contributed by atoms with Crippen molar-refractivity contribution in [2.75, 3.05) is 0 Å². The van der Waals surface area contributed by atoms with Crippen molar-refractivity contribution in [3.8, 4) is 0 Å². The Hall–Kier alpha value is -2.96. The lowest BCUT2D eigenvalue weighted by Crippen LogP contribution is -2.56. The van der Waals surface area contributed by atoms with Gasteiger partial charge in [-0.3, -0.25) is 19.2 Å². The fourth-order valence-electron chi connectivity index (χ4n) is 6.32. The lowest BCUT2D eigenvalue weighted by atomic mass is 9.63. The molecule has 0 N–H and O–H groups in total. The molecule has 7 atom stereocenters. The summed E-state index contributed by atoms with van der Waals surface area (Å²) in [7, 11) is 0. The molecular formula is C27H22Cl2N2O4. The molecule has 2 aromatic carbocycles. The largest absolute Gasteiger partial charge is 0.292 e. The normalized spacial score (nSPS) is 30.7. The molecule has 1 saturated heterocycles. The number of allylic oxidation sites excluding steroid dienone is 2. The highest BCUT2D eigenvalue weighted by Crippen LogP contribution is 2.65. The summed E-state index contributed by atoms with van der Waals surface area (Å²) in [5.74, 6) is -2.08. The van der Waals surface area contributed by atoms with Gasteiger partial charge in [-0.2, -0.15) is 5.01 Å². The topological polar surface area (TPSA) is 74.8 Å². The lowest BCUT2D eigenvalue weighted by molar-refractivity contribution is -0.156. The molecule has 1 heterocycles. The number of carbonyl (C=O) groups is 4. The third-order valence-electron chi connectivity index (χ3n) is 8.04. The maximum atomic E-state index is 13.8. The number of hydrogen-bond acceptors (Lipinski definition) is 4. The van der Waals surface area contributed by atoms with Gasteiger partial charge in [0.05, 0.1) is 22.4 Å². The molecule has 0 spiro atoms. The maximum Gasteiger partial charge on any atom is 0.275 e. The average molecular weight is 509 g/mol. The standard InChI is InChI=1S/C27H22Cl2N2O4/c1-13(24(32)14-6-8-15(28)9-7-14)30(25(33)18-4-2-3-5-21(18)29)31-26(34)22-16-10-11-17(20-12-19(16)20)23(22)27(31)35/h2-11,13,16-17,19-20,22-23H,12H2,1H3/t13-,16+,17+,19+,20+,22-,23-/m1/s1. The van der Waals surface area contributed by atoms with E-state index in [1.807, 2.05) is 0 Å². The molecule has 4 aliphatic carbocycles. The minimum absolute atomic E-state index is 0.00371. The molecule has 2 bridgehead atoms. The number of Topliss-reactive ketones (excluding diaryl/α,β-unsaturated/α-hetero) is 1. The quantitative estimate of drug-likeness (QED) is 0.334. The van der Waals surface area contributed by atoms with Crippen LogP contribution in [0.4, 0.5) is 0 Å². The number of halogens is 2. The summed E-state index contributed by atoms with van der Waals surface area (Å²) in [6.07, 6.45) is 5.16. The zero-order valence-electron chi connectivity index (χ0n) is 18.8. The zero-order valence-corrected chi connectivity index (χ0v) is 20.3. The zero-order chi connectivity index (χ0) is 24.6. The lowest BCUT2D eigenvalue weighted by Gasteiger charge is -2.37. The predicted molar refractivity (Wildman–Crippen MR) is 129 cm³/mol. The molecule has 6 nitrogen and oxygen atoms in total.